The number of aryl methyl sites for hydroxylation is 2. The van der Waals surface area contributed by atoms with Gasteiger partial charge in [-0.3, -0.25) is 4.79 Å². The summed E-state index contributed by atoms with van der Waals surface area (Å²) < 4.78 is 26.2. The van der Waals surface area contributed by atoms with Gasteiger partial charge in [-0.1, -0.05) is 12.1 Å². The van der Waals surface area contributed by atoms with E-state index >= 15 is 0 Å². The number of hydrogen-bond donors (Lipinski definition) is 1. The number of thioether (sulfide) groups is 1. The fraction of sp³-hybridized carbons (Fsp3) is 0.417. The van der Waals surface area contributed by atoms with Gasteiger partial charge in [0.15, 0.2) is 0 Å². The Balaban J connectivity index is 2.48. The number of aliphatic carboxylic acids is 1. The highest BCUT2D eigenvalue weighted by molar-refractivity contribution is 8.00. The Kier molecular flexibility index (Phi) is 3.89. The van der Waals surface area contributed by atoms with Crippen LogP contribution in [0, 0.1) is 13.8 Å². The predicted molar refractivity (Wildman–Crippen MR) is 73.7 cm³/mol. The molecular formula is C12H15NO4S2. The molecule has 0 aliphatic carbocycles. The Morgan fingerprint density at radius 1 is 1.42 bits per heavy atom. The van der Waals surface area contributed by atoms with E-state index in [4.69, 9.17) is 5.11 Å². The zero-order valence-corrected chi connectivity index (χ0v) is 12.3. The third kappa shape index (κ3) is 2.63. The van der Waals surface area contributed by atoms with Gasteiger partial charge in [0.25, 0.3) is 0 Å². The summed E-state index contributed by atoms with van der Waals surface area (Å²) in [7, 11) is -3.75. The van der Waals surface area contributed by atoms with Crippen molar-refractivity contribution in [1.82, 2.24) is 4.31 Å². The van der Waals surface area contributed by atoms with Gasteiger partial charge in [0.2, 0.25) is 10.0 Å². The molecule has 0 aromatic heterocycles. The summed E-state index contributed by atoms with van der Waals surface area (Å²) in [6.45, 7) is 3.52. The summed E-state index contributed by atoms with van der Waals surface area (Å²) in [6, 6.07) is 4.19. The molecule has 1 aliphatic heterocycles. The minimum atomic E-state index is -3.75. The number of sulfonamides is 1. The highest BCUT2D eigenvalue weighted by Gasteiger charge is 2.40. The number of carboxylic acids is 1. The minimum Gasteiger partial charge on any atom is -0.480 e. The Hall–Kier alpha value is -1.05. The Bertz CT molecular complexity index is 612. The molecule has 1 aromatic carbocycles. The van der Waals surface area contributed by atoms with Crippen molar-refractivity contribution in [2.75, 3.05) is 11.6 Å². The predicted octanol–water partition coefficient (Wildman–Crippen LogP) is 1.45. The van der Waals surface area contributed by atoms with Crippen LogP contribution in [0.4, 0.5) is 0 Å². The molecule has 0 bridgehead atoms. The fourth-order valence-electron chi connectivity index (χ4n) is 1.97. The van der Waals surface area contributed by atoms with Crippen LogP contribution in [-0.4, -0.2) is 41.5 Å². The molecule has 1 aliphatic rings. The van der Waals surface area contributed by atoms with E-state index in [1.807, 2.05) is 13.0 Å². The van der Waals surface area contributed by atoms with Gasteiger partial charge in [-0.2, -0.15) is 4.31 Å². The van der Waals surface area contributed by atoms with E-state index < -0.39 is 22.0 Å². The van der Waals surface area contributed by atoms with Gasteiger partial charge in [-0.05, 0) is 31.0 Å². The number of hydrogen-bond acceptors (Lipinski definition) is 4. The van der Waals surface area contributed by atoms with Crippen LogP contribution in [0.2, 0.25) is 0 Å². The number of carbonyl (C=O) groups is 1. The van der Waals surface area contributed by atoms with Crippen LogP contribution < -0.4 is 0 Å². The normalized spacial score (nSPS) is 20.6. The van der Waals surface area contributed by atoms with Crippen molar-refractivity contribution in [3.63, 3.8) is 0 Å². The van der Waals surface area contributed by atoms with Crippen molar-refractivity contribution in [1.29, 1.82) is 0 Å². The van der Waals surface area contributed by atoms with Gasteiger partial charge in [0.05, 0.1) is 10.8 Å². The summed E-state index contributed by atoms with van der Waals surface area (Å²) in [5, 5.41) is 9.10. The van der Waals surface area contributed by atoms with Crippen molar-refractivity contribution in [3.05, 3.63) is 29.3 Å². The van der Waals surface area contributed by atoms with Gasteiger partial charge >= 0.3 is 5.97 Å². The first-order valence-electron chi connectivity index (χ1n) is 5.73. The van der Waals surface area contributed by atoms with Crippen LogP contribution in [0.1, 0.15) is 11.1 Å². The molecule has 1 atom stereocenters. The largest absolute Gasteiger partial charge is 0.480 e. The fourth-order valence-corrected chi connectivity index (χ4v) is 5.42. The quantitative estimate of drug-likeness (QED) is 0.914. The lowest BCUT2D eigenvalue weighted by molar-refractivity contribution is -0.140. The molecule has 1 fully saturated rings. The van der Waals surface area contributed by atoms with Crippen molar-refractivity contribution in [3.8, 4) is 0 Å². The maximum absolute atomic E-state index is 12.6. The van der Waals surface area contributed by atoms with Crippen LogP contribution in [0.5, 0.6) is 0 Å². The zero-order valence-electron chi connectivity index (χ0n) is 10.7. The smallest absolute Gasteiger partial charge is 0.322 e. The number of nitrogens with zero attached hydrogens (tertiary/aromatic N) is 1. The molecule has 0 unspecified atom stereocenters. The topological polar surface area (TPSA) is 74.7 Å². The molecule has 0 amide bonds. The SMILES string of the molecule is Cc1ccc(C)c(S(=O)(=O)N2CSC[C@H]2C(=O)O)c1. The molecule has 7 heteroatoms. The number of rotatable bonds is 3. The average molecular weight is 301 g/mol. The lowest BCUT2D eigenvalue weighted by Crippen LogP contribution is -2.41. The summed E-state index contributed by atoms with van der Waals surface area (Å²) in [5.74, 6) is -0.620. The summed E-state index contributed by atoms with van der Waals surface area (Å²) in [4.78, 5) is 11.3. The monoisotopic (exact) mass is 301 g/mol. The first-order chi connectivity index (χ1) is 8.84. The molecule has 1 N–H and O–H groups in total. The number of benzene rings is 1. The van der Waals surface area contributed by atoms with E-state index in [-0.39, 0.29) is 10.8 Å². The van der Waals surface area contributed by atoms with Gasteiger partial charge in [0, 0.05) is 5.75 Å². The molecule has 104 valence electrons. The van der Waals surface area contributed by atoms with Crippen LogP contribution in [-0.2, 0) is 14.8 Å². The van der Waals surface area contributed by atoms with Crippen LogP contribution >= 0.6 is 11.8 Å². The number of carboxylic acid groups (broad SMARTS) is 1. The molecular weight excluding hydrogens is 286 g/mol. The minimum absolute atomic E-state index is 0.187. The van der Waals surface area contributed by atoms with Crippen LogP contribution in [0.15, 0.2) is 23.1 Å². The first-order valence-corrected chi connectivity index (χ1v) is 8.33. The van der Waals surface area contributed by atoms with E-state index in [0.717, 1.165) is 9.87 Å². The lowest BCUT2D eigenvalue weighted by Gasteiger charge is -2.21. The molecule has 0 spiro atoms. The van der Waals surface area contributed by atoms with Gasteiger partial charge in [-0.15, -0.1) is 11.8 Å². The molecule has 0 radical (unpaired) electrons. The summed E-state index contributed by atoms with van der Waals surface area (Å²) in [5.41, 5.74) is 1.47. The maximum Gasteiger partial charge on any atom is 0.322 e. The Morgan fingerprint density at radius 2 is 2.11 bits per heavy atom. The van der Waals surface area contributed by atoms with E-state index in [9.17, 15) is 13.2 Å². The standard InChI is InChI=1S/C12H15NO4S2/c1-8-3-4-9(2)11(5-8)19(16,17)13-7-18-6-10(13)12(14)15/h3-5,10H,6-7H2,1-2H3,(H,14,15)/t10-/m0/s1. The zero-order chi connectivity index (χ0) is 14.2. The first kappa shape index (κ1) is 14.4. The van der Waals surface area contributed by atoms with Gasteiger partial charge < -0.3 is 5.11 Å². The lowest BCUT2D eigenvalue weighted by atomic mass is 10.2. The van der Waals surface area contributed by atoms with E-state index in [2.05, 4.69) is 0 Å². The van der Waals surface area contributed by atoms with E-state index in [0.29, 0.717) is 11.3 Å². The van der Waals surface area contributed by atoms with Gasteiger partial charge in [0.1, 0.15) is 6.04 Å². The van der Waals surface area contributed by atoms with E-state index in [1.165, 1.54) is 11.8 Å². The molecule has 2 rings (SSSR count). The van der Waals surface area contributed by atoms with E-state index in [1.54, 1.807) is 19.1 Å². The second kappa shape index (κ2) is 5.15. The average Bonchev–Trinajstić information content (AvgIpc) is 2.82. The van der Waals surface area contributed by atoms with Crippen LogP contribution in [0.25, 0.3) is 0 Å². The molecule has 19 heavy (non-hydrogen) atoms. The second-order valence-electron chi connectivity index (χ2n) is 4.52. The molecule has 1 aromatic rings. The molecule has 5 nitrogen and oxygen atoms in total. The third-order valence-corrected chi connectivity index (χ3v) is 6.23. The van der Waals surface area contributed by atoms with Crippen molar-refractivity contribution < 1.29 is 18.3 Å². The Labute approximate surface area is 116 Å². The summed E-state index contributed by atoms with van der Waals surface area (Å²) in [6.07, 6.45) is 0. The molecule has 0 saturated carbocycles. The molecule has 1 heterocycles. The van der Waals surface area contributed by atoms with Crippen molar-refractivity contribution in [2.24, 2.45) is 0 Å². The molecule has 1 saturated heterocycles. The highest BCUT2D eigenvalue weighted by Crippen LogP contribution is 2.30. The summed E-state index contributed by atoms with van der Waals surface area (Å²) >= 11 is 1.32. The Morgan fingerprint density at radius 3 is 2.74 bits per heavy atom. The van der Waals surface area contributed by atoms with Crippen molar-refractivity contribution >= 4 is 27.8 Å². The third-order valence-electron chi connectivity index (χ3n) is 3.06. The second-order valence-corrected chi connectivity index (χ2v) is 7.37. The highest BCUT2D eigenvalue weighted by atomic mass is 32.2. The maximum atomic E-state index is 12.6. The van der Waals surface area contributed by atoms with Crippen molar-refractivity contribution in [2.45, 2.75) is 24.8 Å². The van der Waals surface area contributed by atoms with Crippen LogP contribution in [0.3, 0.4) is 0 Å². The van der Waals surface area contributed by atoms with Gasteiger partial charge in [-0.25, -0.2) is 8.42 Å².